The Morgan fingerprint density at radius 2 is 1.77 bits per heavy atom. The van der Waals surface area contributed by atoms with E-state index in [0.717, 1.165) is 42.6 Å². The van der Waals surface area contributed by atoms with Crippen molar-refractivity contribution in [2.45, 2.75) is 70.3 Å². The highest BCUT2D eigenvalue weighted by molar-refractivity contribution is 5.69. The molecule has 5 nitrogen and oxygen atoms in total. The summed E-state index contributed by atoms with van der Waals surface area (Å²) < 4.78 is 11.3. The Morgan fingerprint density at radius 1 is 1.07 bits per heavy atom. The van der Waals surface area contributed by atoms with Crippen LogP contribution >= 0.6 is 0 Å². The van der Waals surface area contributed by atoms with Gasteiger partial charge < -0.3 is 19.9 Å². The topological polar surface area (TPSA) is 67.8 Å². The second kappa shape index (κ2) is 11.7. The lowest BCUT2D eigenvalue weighted by Gasteiger charge is -2.23. The van der Waals surface area contributed by atoms with Crippen LogP contribution in [0.25, 0.3) is 0 Å². The van der Waals surface area contributed by atoms with Crippen LogP contribution in [-0.2, 0) is 16.1 Å². The van der Waals surface area contributed by atoms with Gasteiger partial charge in [-0.25, -0.2) is 0 Å². The lowest BCUT2D eigenvalue weighted by Crippen LogP contribution is -2.34. The summed E-state index contributed by atoms with van der Waals surface area (Å²) >= 11 is 0. The van der Waals surface area contributed by atoms with Crippen molar-refractivity contribution in [3.05, 3.63) is 65.7 Å². The summed E-state index contributed by atoms with van der Waals surface area (Å²) in [6.45, 7) is 2.91. The molecule has 2 aromatic carbocycles. The Bertz CT molecular complexity index is 756. The van der Waals surface area contributed by atoms with Crippen LogP contribution in [0.4, 0.5) is 0 Å². The standard InChI is InChI=1S/C25H33NO4/c1-19(26-17-16-24(27)30-23-10-6-3-7-11-23)25(28)21-12-14-22(15-13-21)29-18-20-8-4-2-5-9-20/h2,4-5,8-9,12-15,19,23,25-26,28H,3,6-7,10-11,16-18H2,1H3. The van der Waals surface area contributed by atoms with Crippen LogP contribution in [0.5, 0.6) is 5.75 Å². The number of carbonyl (C=O) groups is 1. The van der Waals surface area contributed by atoms with Crippen LogP contribution in [0, 0.1) is 0 Å². The van der Waals surface area contributed by atoms with Crippen molar-refractivity contribution >= 4 is 5.97 Å². The van der Waals surface area contributed by atoms with E-state index in [-0.39, 0.29) is 18.1 Å². The van der Waals surface area contributed by atoms with Crippen LogP contribution < -0.4 is 10.1 Å². The number of aliphatic hydroxyl groups is 1. The quantitative estimate of drug-likeness (QED) is 0.562. The molecule has 1 aliphatic rings. The van der Waals surface area contributed by atoms with Gasteiger partial charge in [-0.3, -0.25) is 4.79 Å². The lowest BCUT2D eigenvalue weighted by atomic mass is 9.98. The molecule has 0 aliphatic heterocycles. The summed E-state index contributed by atoms with van der Waals surface area (Å²) in [5, 5.41) is 13.8. The molecule has 2 N–H and O–H groups in total. The van der Waals surface area contributed by atoms with E-state index in [1.165, 1.54) is 6.42 Å². The Labute approximate surface area is 179 Å². The van der Waals surface area contributed by atoms with Crippen molar-refractivity contribution in [1.82, 2.24) is 5.32 Å². The highest BCUT2D eigenvalue weighted by Crippen LogP contribution is 2.22. The molecular weight excluding hydrogens is 378 g/mol. The minimum Gasteiger partial charge on any atom is -0.489 e. The van der Waals surface area contributed by atoms with E-state index in [9.17, 15) is 9.90 Å². The zero-order chi connectivity index (χ0) is 21.2. The van der Waals surface area contributed by atoms with E-state index >= 15 is 0 Å². The third-order valence-electron chi connectivity index (χ3n) is 5.59. The van der Waals surface area contributed by atoms with Crippen molar-refractivity contribution in [3.8, 4) is 5.75 Å². The molecule has 1 saturated carbocycles. The summed E-state index contributed by atoms with van der Waals surface area (Å²) in [6.07, 6.45) is 5.26. The van der Waals surface area contributed by atoms with E-state index in [4.69, 9.17) is 9.47 Å². The predicted molar refractivity (Wildman–Crippen MR) is 117 cm³/mol. The number of hydrogen-bond donors (Lipinski definition) is 2. The number of rotatable bonds is 10. The van der Waals surface area contributed by atoms with E-state index in [1.54, 1.807) is 0 Å². The minimum atomic E-state index is -0.664. The van der Waals surface area contributed by atoms with Crippen molar-refractivity contribution in [1.29, 1.82) is 0 Å². The SMILES string of the molecule is CC(NCCC(=O)OC1CCCCC1)C(O)c1ccc(OCc2ccccc2)cc1. The molecule has 0 heterocycles. The molecule has 0 amide bonds. The second-order valence-electron chi connectivity index (χ2n) is 8.03. The number of esters is 1. The van der Waals surface area contributed by atoms with E-state index in [2.05, 4.69) is 5.32 Å². The molecule has 0 saturated heterocycles. The van der Waals surface area contributed by atoms with Gasteiger partial charge in [0.05, 0.1) is 12.5 Å². The fourth-order valence-corrected chi connectivity index (χ4v) is 3.73. The largest absolute Gasteiger partial charge is 0.489 e. The Balaban J connectivity index is 1.38. The Morgan fingerprint density at radius 3 is 2.47 bits per heavy atom. The van der Waals surface area contributed by atoms with Crippen LogP contribution in [0.3, 0.4) is 0 Å². The van der Waals surface area contributed by atoms with Gasteiger partial charge in [0.15, 0.2) is 0 Å². The zero-order valence-electron chi connectivity index (χ0n) is 17.8. The third kappa shape index (κ3) is 7.15. The molecule has 162 valence electrons. The third-order valence-corrected chi connectivity index (χ3v) is 5.59. The molecule has 2 aromatic rings. The number of aliphatic hydroxyl groups excluding tert-OH is 1. The van der Waals surface area contributed by atoms with Gasteiger partial charge in [-0.15, -0.1) is 0 Å². The van der Waals surface area contributed by atoms with Crippen LogP contribution in [0.15, 0.2) is 54.6 Å². The average Bonchev–Trinajstić information content (AvgIpc) is 2.79. The molecule has 0 radical (unpaired) electrons. The molecule has 1 fully saturated rings. The van der Waals surface area contributed by atoms with Gasteiger partial charge in [-0.2, -0.15) is 0 Å². The van der Waals surface area contributed by atoms with Gasteiger partial charge >= 0.3 is 5.97 Å². The summed E-state index contributed by atoms with van der Waals surface area (Å²) in [5.41, 5.74) is 1.92. The zero-order valence-corrected chi connectivity index (χ0v) is 17.8. The van der Waals surface area contributed by atoms with Gasteiger partial charge in [-0.05, 0) is 55.9 Å². The number of carbonyl (C=O) groups excluding carboxylic acids is 1. The fraction of sp³-hybridized carbons (Fsp3) is 0.480. The van der Waals surface area contributed by atoms with Gasteiger partial charge in [0.25, 0.3) is 0 Å². The van der Waals surface area contributed by atoms with Crippen molar-refractivity contribution in [2.75, 3.05) is 6.54 Å². The molecule has 30 heavy (non-hydrogen) atoms. The van der Waals surface area contributed by atoms with Crippen molar-refractivity contribution in [2.24, 2.45) is 0 Å². The lowest BCUT2D eigenvalue weighted by molar-refractivity contribution is -0.150. The molecule has 1 aliphatic carbocycles. The van der Waals surface area contributed by atoms with E-state index < -0.39 is 6.10 Å². The first-order chi connectivity index (χ1) is 14.6. The summed E-state index contributed by atoms with van der Waals surface area (Å²) in [5.74, 6) is 0.608. The first-order valence-corrected chi connectivity index (χ1v) is 11.0. The molecule has 2 unspecified atom stereocenters. The molecule has 3 rings (SSSR count). The second-order valence-corrected chi connectivity index (χ2v) is 8.03. The molecule has 0 aromatic heterocycles. The molecular formula is C25H33NO4. The number of hydrogen-bond acceptors (Lipinski definition) is 5. The fourth-order valence-electron chi connectivity index (χ4n) is 3.73. The first-order valence-electron chi connectivity index (χ1n) is 11.0. The number of benzene rings is 2. The highest BCUT2D eigenvalue weighted by atomic mass is 16.5. The number of ether oxygens (including phenoxy) is 2. The smallest absolute Gasteiger partial charge is 0.307 e. The predicted octanol–water partition coefficient (Wildman–Crippen LogP) is 4.54. The average molecular weight is 412 g/mol. The first kappa shape index (κ1) is 22.3. The Hall–Kier alpha value is -2.37. The van der Waals surface area contributed by atoms with Crippen LogP contribution in [0.2, 0.25) is 0 Å². The summed E-state index contributed by atoms with van der Waals surface area (Å²) in [4.78, 5) is 12.0. The van der Waals surface area contributed by atoms with Gasteiger partial charge in [0, 0.05) is 12.6 Å². The van der Waals surface area contributed by atoms with Gasteiger partial charge in [0.1, 0.15) is 18.5 Å². The van der Waals surface area contributed by atoms with Gasteiger partial charge in [-0.1, -0.05) is 48.9 Å². The van der Waals surface area contributed by atoms with Crippen LogP contribution in [0.1, 0.15) is 62.7 Å². The maximum atomic E-state index is 12.0. The maximum absolute atomic E-state index is 12.0. The molecule has 2 atom stereocenters. The van der Waals surface area contributed by atoms with Gasteiger partial charge in [0.2, 0.25) is 0 Å². The Kier molecular flexibility index (Phi) is 8.72. The molecule has 0 spiro atoms. The maximum Gasteiger partial charge on any atom is 0.307 e. The summed E-state index contributed by atoms with van der Waals surface area (Å²) in [6, 6.07) is 17.3. The highest BCUT2D eigenvalue weighted by Gasteiger charge is 2.19. The number of nitrogens with one attached hydrogen (secondary N) is 1. The summed E-state index contributed by atoms with van der Waals surface area (Å²) in [7, 11) is 0. The van der Waals surface area contributed by atoms with E-state index in [1.807, 2.05) is 61.5 Å². The van der Waals surface area contributed by atoms with Crippen LogP contribution in [-0.4, -0.2) is 29.8 Å². The molecule has 0 bridgehead atoms. The molecule has 5 heteroatoms. The monoisotopic (exact) mass is 411 g/mol. The minimum absolute atomic E-state index is 0.0943. The normalized spacial score (nSPS) is 16.6. The van der Waals surface area contributed by atoms with Crippen molar-refractivity contribution < 1.29 is 19.4 Å². The van der Waals surface area contributed by atoms with Crippen molar-refractivity contribution in [3.63, 3.8) is 0 Å². The van der Waals surface area contributed by atoms with E-state index in [0.29, 0.717) is 19.6 Å².